The van der Waals surface area contributed by atoms with Gasteiger partial charge >= 0.3 is 12.1 Å². The van der Waals surface area contributed by atoms with Crippen molar-refractivity contribution in [1.29, 1.82) is 0 Å². The molecule has 194 valence electrons. The van der Waals surface area contributed by atoms with Gasteiger partial charge in [-0.15, -0.1) is 0 Å². The molecule has 4 aliphatic rings. The first kappa shape index (κ1) is 24.5. The number of carbonyl (C=O) groups is 4. The van der Waals surface area contributed by atoms with E-state index in [9.17, 15) is 32.3 Å². The number of nitrogens with one attached hydrogen (secondary N) is 3. The Morgan fingerprint density at radius 2 is 1.83 bits per heavy atom. The van der Waals surface area contributed by atoms with Crippen LogP contribution in [-0.4, -0.2) is 59.5 Å². The van der Waals surface area contributed by atoms with Crippen LogP contribution < -0.4 is 21.7 Å². The van der Waals surface area contributed by atoms with Crippen LogP contribution in [0.1, 0.15) is 44.1 Å². The fraction of sp³-hybridized carbons (Fsp3) is 0.583. The van der Waals surface area contributed by atoms with Gasteiger partial charge in [0.2, 0.25) is 17.7 Å². The molecule has 3 fully saturated rings. The molecule has 9 nitrogen and oxygen atoms in total. The molecule has 4 amide bonds. The van der Waals surface area contributed by atoms with E-state index < -0.39 is 53.5 Å². The van der Waals surface area contributed by atoms with Gasteiger partial charge in [0.25, 0.3) is 0 Å². The van der Waals surface area contributed by atoms with Crippen LogP contribution in [0.15, 0.2) is 24.3 Å². The number of amides is 4. The highest BCUT2D eigenvalue weighted by molar-refractivity contribution is 6.07. The fourth-order valence-electron chi connectivity index (χ4n) is 5.33. The van der Waals surface area contributed by atoms with Gasteiger partial charge in [0.15, 0.2) is 0 Å². The van der Waals surface area contributed by atoms with Gasteiger partial charge < -0.3 is 26.6 Å². The second-order valence-electron chi connectivity index (χ2n) is 10.3. The lowest BCUT2D eigenvalue weighted by molar-refractivity contribution is -0.175. The average Bonchev–Trinajstić information content (AvgIpc) is 3.75. The van der Waals surface area contributed by atoms with Gasteiger partial charge in [0, 0.05) is 18.7 Å². The molecule has 5 N–H and O–H groups in total. The van der Waals surface area contributed by atoms with Gasteiger partial charge in [-0.05, 0) is 42.7 Å². The lowest BCUT2D eigenvalue weighted by Crippen LogP contribution is -2.58. The predicted molar refractivity (Wildman–Crippen MR) is 121 cm³/mol. The summed E-state index contributed by atoms with van der Waals surface area (Å²) in [6.07, 6.45) is -2.61. The largest absolute Gasteiger partial charge is 0.471 e. The predicted octanol–water partition coefficient (Wildman–Crippen LogP) is 1.14. The van der Waals surface area contributed by atoms with Gasteiger partial charge in [-0.1, -0.05) is 31.0 Å². The smallest absolute Gasteiger partial charge is 0.342 e. The third-order valence-corrected chi connectivity index (χ3v) is 7.61. The average molecular weight is 508 g/mol. The van der Waals surface area contributed by atoms with Crippen molar-refractivity contribution < 1.29 is 32.3 Å². The minimum atomic E-state index is -5.12. The molecule has 0 unspecified atom stereocenters. The Kier molecular flexibility index (Phi) is 5.97. The molecule has 2 saturated carbocycles. The van der Waals surface area contributed by atoms with Crippen LogP contribution in [0.4, 0.5) is 18.9 Å². The number of carbonyl (C=O) groups excluding carboxylic acids is 4. The van der Waals surface area contributed by atoms with Crippen LogP contribution in [0, 0.1) is 11.8 Å². The molecular weight excluding hydrogens is 479 g/mol. The summed E-state index contributed by atoms with van der Waals surface area (Å²) in [5, 5.41) is 7.24. The van der Waals surface area contributed by atoms with E-state index in [1.165, 1.54) is 4.90 Å². The number of nitrogens with two attached hydrogens (primary N) is 1. The number of rotatable bonds is 7. The van der Waals surface area contributed by atoms with E-state index in [4.69, 9.17) is 5.73 Å². The topological polar surface area (TPSA) is 134 Å². The van der Waals surface area contributed by atoms with Gasteiger partial charge in [-0.2, -0.15) is 13.2 Å². The Morgan fingerprint density at radius 3 is 2.47 bits per heavy atom. The lowest BCUT2D eigenvalue weighted by atomic mass is 9.80. The van der Waals surface area contributed by atoms with E-state index in [2.05, 4.69) is 10.6 Å². The maximum atomic E-state index is 13.6. The monoisotopic (exact) mass is 507 g/mol. The quantitative estimate of drug-likeness (QED) is 0.439. The molecule has 4 atom stereocenters. The van der Waals surface area contributed by atoms with Crippen molar-refractivity contribution in [2.24, 2.45) is 17.6 Å². The van der Waals surface area contributed by atoms with Gasteiger partial charge in [-0.3, -0.25) is 19.2 Å². The maximum absolute atomic E-state index is 13.6. The second kappa shape index (κ2) is 8.75. The molecule has 0 radical (unpaired) electrons. The number of para-hydroxylation sites is 1. The molecule has 2 aliphatic heterocycles. The van der Waals surface area contributed by atoms with Crippen LogP contribution in [-0.2, 0) is 24.6 Å². The Bertz CT molecular complexity index is 1100. The summed E-state index contributed by atoms with van der Waals surface area (Å²) >= 11 is 0. The molecule has 36 heavy (non-hydrogen) atoms. The maximum Gasteiger partial charge on any atom is 0.471 e. The Balaban J connectivity index is 1.33. The summed E-state index contributed by atoms with van der Waals surface area (Å²) < 4.78 is 38.4. The van der Waals surface area contributed by atoms with Crippen molar-refractivity contribution in [2.75, 3.05) is 11.9 Å². The van der Waals surface area contributed by atoms with E-state index in [1.54, 1.807) is 23.5 Å². The van der Waals surface area contributed by atoms with E-state index in [-0.39, 0.29) is 24.8 Å². The molecule has 2 aliphatic carbocycles. The highest BCUT2D eigenvalue weighted by Crippen LogP contribution is 2.46. The number of halogens is 3. The minimum Gasteiger partial charge on any atom is -0.342 e. The number of nitrogens with zero attached hydrogens (tertiary/aromatic N) is 1. The van der Waals surface area contributed by atoms with Crippen molar-refractivity contribution in [3.8, 4) is 0 Å². The minimum absolute atomic E-state index is 0.0315. The normalized spacial score (nSPS) is 26.8. The zero-order valence-corrected chi connectivity index (χ0v) is 19.4. The Hall–Kier alpha value is -3.15. The Morgan fingerprint density at radius 1 is 1.14 bits per heavy atom. The first-order valence-electron chi connectivity index (χ1n) is 12.1. The number of hydrogen-bond acceptors (Lipinski definition) is 5. The van der Waals surface area contributed by atoms with Crippen molar-refractivity contribution >= 4 is 29.3 Å². The van der Waals surface area contributed by atoms with Gasteiger partial charge in [0.1, 0.15) is 12.1 Å². The molecule has 0 bridgehead atoms. The second-order valence-corrected chi connectivity index (χ2v) is 10.3. The SMILES string of the molecule is N[C@@H]1C[C@@]2(CN1C(=O)[C@H](CC1CC1)NC(=O)[C@@H](NC(=O)C(F)(F)F)C1CC1)C(=O)Nc1ccccc12. The molecule has 1 saturated heterocycles. The highest BCUT2D eigenvalue weighted by Gasteiger charge is 2.56. The summed E-state index contributed by atoms with van der Waals surface area (Å²) in [6, 6.07) is 4.81. The van der Waals surface area contributed by atoms with Gasteiger partial charge in [0.05, 0.1) is 11.6 Å². The number of benzene rings is 1. The zero-order valence-electron chi connectivity index (χ0n) is 19.4. The highest BCUT2D eigenvalue weighted by atomic mass is 19.4. The third-order valence-electron chi connectivity index (χ3n) is 7.61. The summed E-state index contributed by atoms with van der Waals surface area (Å²) in [6.45, 7) is 0.0315. The molecular formula is C24H28F3N5O4. The summed E-state index contributed by atoms with van der Waals surface area (Å²) in [4.78, 5) is 52.5. The molecule has 0 aromatic heterocycles. The number of alkyl halides is 3. The van der Waals surface area contributed by atoms with Crippen molar-refractivity contribution in [1.82, 2.24) is 15.5 Å². The van der Waals surface area contributed by atoms with E-state index >= 15 is 0 Å². The van der Waals surface area contributed by atoms with Crippen LogP contribution in [0.25, 0.3) is 0 Å². The molecule has 1 aromatic rings. The summed E-state index contributed by atoms with van der Waals surface area (Å²) in [5.74, 6) is -3.94. The van der Waals surface area contributed by atoms with Crippen LogP contribution in [0.3, 0.4) is 0 Å². The number of anilines is 1. The van der Waals surface area contributed by atoms with E-state index in [0.717, 1.165) is 18.4 Å². The van der Waals surface area contributed by atoms with E-state index in [0.29, 0.717) is 24.9 Å². The molecule has 5 rings (SSSR count). The summed E-state index contributed by atoms with van der Waals surface area (Å²) in [5.41, 5.74) is 6.75. The molecule has 2 heterocycles. The van der Waals surface area contributed by atoms with Crippen molar-refractivity contribution in [3.63, 3.8) is 0 Å². The van der Waals surface area contributed by atoms with Crippen LogP contribution in [0.2, 0.25) is 0 Å². The van der Waals surface area contributed by atoms with Crippen LogP contribution >= 0.6 is 0 Å². The molecule has 1 spiro atoms. The number of fused-ring (bicyclic) bond motifs is 2. The Labute approximate surface area is 205 Å². The molecule has 12 heteroatoms. The van der Waals surface area contributed by atoms with Crippen molar-refractivity contribution in [2.45, 2.75) is 68.4 Å². The number of hydrogen-bond donors (Lipinski definition) is 4. The third kappa shape index (κ3) is 4.54. The van der Waals surface area contributed by atoms with Crippen LogP contribution in [0.5, 0.6) is 0 Å². The van der Waals surface area contributed by atoms with E-state index in [1.807, 2.05) is 6.07 Å². The standard InChI is InChI=1S/C24H28F3N5O4/c25-24(26,27)22(36)31-18(13-7-8-13)19(33)29-16(9-12-5-6-12)20(34)32-11-23(10-17(32)28)14-3-1-2-4-15(14)30-21(23)35/h1-4,12-13,16-18H,5-11,28H2,(H,29,33)(H,30,35)(H,31,36)/t16-,17-,18-,23-/m0/s1. The summed E-state index contributed by atoms with van der Waals surface area (Å²) in [7, 11) is 0. The van der Waals surface area contributed by atoms with Gasteiger partial charge in [-0.25, -0.2) is 0 Å². The molecule has 1 aromatic carbocycles. The zero-order chi connectivity index (χ0) is 25.8. The first-order valence-corrected chi connectivity index (χ1v) is 12.1. The van der Waals surface area contributed by atoms with Crippen molar-refractivity contribution in [3.05, 3.63) is 29.8 Å². The fourth-order valence-corrected chi connectivity index (χ4v) is 5.33. The number of likely N-dealkylation sites (tertiary alicyclic amines) is 1. The first-order chi connectivity index (χ1) is 17.0. The lowest BCUT2D eigenvalue weighted by Gasteiger charge is -2.29.